The van der Waals surface area contributed by atoms with Crippen LogP contribution in [0.5, 0.6) is 0 Å². The number of aliphatic hydroxyl groups excluding tert-OH is 5. The second-order valence-corrected chi connectivity index (χ2v) is 4.53. The predicted octanol–water partition coefficient (Wildman–Crippen LogP) is -1.87. The second-order valence-electron chi connectivity index (χ2n) is 4.53. The van der Waals surface area contributed by atoms with Crippen molar-refractivity contribution in [2.75, 3.05) is 13.2 Å². The molecule has 7 nitrogen and oxygen atoms in total. The van der Waals surface area contributed by atoms with Crippen molar-refractivity contribution in [1.82, 2.24) is 0 Å². The minimum Gasteiger partial charge on any atom is -0.394 e. The van der Waals surface area contributed by atoms with E-state index in [1.807, 2.05) is 0 Å². The minimum atomic E-state index is -1.43. The fourth-order valence-electron chi connectivity index (χ4n) is 1.75. The van der Waals surface area contributed by atoms with Crippen LogP contribution in [0.2, 0.25) is 0 Å². The number of ether oxygens (including phenoxy) is 2. The fourth-order valence-corrected chi connectivity index (χ4v) is 1.75. The molecular weight excluding hydrogens is 256 g/mol. The lowest BCUT2D eigenvalue weighted by Gasteiger charge is -2.39. The molecule has 19 heavy (non-hydrogen) atoms. The Hall–Kier alpha value is -0.540. The molecule has 1 rings (SSSR count). The Bertz CT molecular complexity index is 279. The van der Waals surface area contributed by atoms with Gasteiger partial charge in [0.1, 0.15) is 24.4 Å². The molecule has 1 aliphatic heterocycles. The maximum atomic E-state index is 9.67. The van der Waals surface area contributed by atoms with Crippen LogP contribution in [-0.4, -0.2) is 75.6 Å². The van der Waals surface area contributed by atoms with E-state index < -0.39 is 43.4 Å². The molecule has 6 atom stereocenters. The van der Waals surface area contributed by atoms with E-state index in [0.29, 0.717) is 6.42 Å². The lowest BCUT2D eigenvalue weighted by Crippen LogP contribution is -2.59. The zero-order valence-electron chi connectivity index (χ0n) is 10.8. The maximum Gasteiger partial charge on any atom is 0.186 e. The molecule has 1 aliphatic rings. The Labute approximate surface area is 111 Å². The van der Waals surface area contributed by atoms with Crippen molar-refractivity contribution >= 4 is 0 Å². The van der Waals surface area contributed by atoms with Crippen molar-refractivity contribution in [1.29, 1.82) is 0 Å². The molecule has 0 bridgehead atoms. The van der Waals surface area contributed by atoms with Gasteiger partial charge in [-0.15, -0.1) is 0 Å². The Morgan fingerprint density at radius 3 is 2.47 bits per heavy atom. The fraction of sp³-hybridized carbons (Fsp3) is 0.833. The predicted molar refractivity (Wildman–Crippen MR) is 65.2 cm³/mol. The topological polar surface area (TPSA) is 120 Å². The summed E-state index contributed by atoms with van der Waals surface area (Å²) in [5.41, 5.74) is 0. The quantitative estimate of drug-likeness (QED) is 0.285. The van der Waals surface area contributed by atoms with E-state index in [4.69, 9.17) is 19.7 Å². The number of aliphatic hydroxyl groups is 5. The number of rotatable bonds is 6. The average molecular weight is 278 g/mol. The van der Waals surface area contributed by atoms with Gasteiger partial charge in [-0.3, -0.25) is 0 Å². The highest BCUT2D eigenvalue weighted by molar-refractivity contribution is 4.89. The van der Waals surface area contributed by atoms with Crippen molar-refractivity contribution in [2.45, 2.75) is 50.2 Å². The zero-order chi connectivity index (χ0) is 14.4. The summed E-state index contributed by atoms with van der Waals surface area (Å²) in [4.78, 5) is 0. The third kappa shape index (κ3) is 4.81. The molecular formula is C12H22O7. The van der Waals surface area contributed by atoms with Crippen LogP contribution in [0.3, 0.4) is 0 Å². The Morgan fingerprint density at radius 2 is 1.89 bits per heavy atom. The third-order valence-electron chi connectivity index (χ3n) is 2.83. The number of hydrogen-bond donors (Lipinski definition) is 5. The second kappa shape index (κ2) is 7.91. The highest BCUT2D eigenvalue weighted by atomic mass is 16.7. The summed E-state index contributed by atoms with van der Waals surface area (Å²) in [6.07, 6.45) is -2.97. The van der Waals surface area contributed by atoms with Crippen molar-refractivity contribution in [3.05, 3.63) is 12.2 Å². The highest BCUT2D eigenvalue weighted by Gasteiger charge is 2.43. The number of hydrogen-bond acceptors (Lipinski definition) is 7. The first-order chi connectivity index (χ1) is 8.97. The third-order valence-corrected chi connectivity index (χ3v) is 2.83. The van der Waals surface area contributed by atoms with Gasteiger partial charge in [0.05, 0.1) is 19.3 Å². The summed E-state index contributed by atoms with van der Waals surface area (Å²) in [6.45, 7) is 1.35. The SMILES string of the molecule is CC(O)/C=C\CCO[C@@H]1O[C@H](CO)[C@@H](O)[C@H](O)[C@H]1O. The van der Waals surface area contributed by atoms with Crippen LogP contribution in [0.1, 0.15) is 13.3 Å². The van der Waals surface area contributed by atoms with Crippen LogP contribution in [0, 0.1) is 0 Å². The first-order valence-electron chi connectivity index (χ1n) is 6.24. The summed E-state index contributed by atoms with van der Waals surface area (Å²) >= 11 is 0. The van der Waals surface area contributed by atoms with Crippen LogP contribution in [0.25, 0.3) is 0 Å². The lowest BCUT2D eigenvalue weighted by molar-refractivity contribution is -0.300. The smallest absolute Gasteiger partial charge is 0.186 e. The molecule has 0 aromatic rings. The van der Waals surface area contributed by atoms with E-state index in [2.05, 4.69) is 0 Å². The van der Waals surface area contributed by atoms with Gasteiger partial charge in [-0.2, -0.15) is 0 Å². The van der Waals surface area contributed by atoms with Gasteiger partial charge in [-0.25, -0.2) is 0 Å². The van der Waals surface area contributed by atoms with Crippen LogP contribution in [-0.2, 0) is 9.47 Å². The van der Waals surface area contributed by atoms with Gasteiger partial charge in [0.2, 0.25) is 0 Å². The lowest BCUT2D eigenvalue weighted by atomic mass is 9.99. The van der Waals surface area contributed by atoms with Gasteiger partial charge >= 0.3 is 0 Å². The highest BCUT2D eigenvalue weighted by Crippen LogP contribution is 2.21. The summed E-state index contributed by atoms with van der Waals surface area (Å²) in [7, 11) is 0. The molecule has 1 unspecified atom stereocenters. The first kappa shape index (κ1) is 16.5. The molecule has 0 aromatic heterocycles. The van der Waals surface area contributed by atoms with Crippen molar-refractivity contribution in [3.63, 3.8) is 0 Å². The van der Waals surface area contributed by atoms with E-state index in [9.17, 15) is 15.3 Å². The normalized spacial score (nSPS) is 37.7. The average Bonchev–Trinajstić information content (AvgIpc) is 2.37. The van der Waals surface area contributed by atoms with Gasteiger partial charge in [0.25, 0.3) is 0 Å². The van der Waals surface area contributed by atoms with E-state index in [0.717, 1.165) is 0 Å². The van der Waals surface area contributed by atoms with Gasteiger partial charge in [0.15, 0.2) is 6.29 Å². The van der Waals surface area contributed by atoms with Gasteiger partial charge in [0, 0.05) is 0 Å². The van der Waals surface area contributed by atoms with E-state index in [1.165, 1.54) is 0 Å². The summed E-state index contributed by atoms with van der Waals surface area (Å²) < 4.78 is 10.4. The van der Waals surface area contributed by atoms with E-state index >= 15 is 0 Å². The van der Waals surface area contributed by atoms with Crippen LogP contribution < -0.4 is 0 Å². The molecule has 0 spiro atoms. The molecule has 1 fully saturated rings. The van der Waals surface area contributed by atoms with Crippen molar-refractivity contribution in [2.24, 2.45) is 0 Å². The molecule has 7 heteroatoms. The molecule has 0 radical (unpaired) electrons. The van der Waals surface area contributed by atoms with Crippen LogP contribution >= 0.6 is 0 Å². The van der Waals surface area contributed by atoms with Gasteiger partial charge < -0.3 is 35.0 Å². The monoisotopic (exact) mass is 278 g/mol. The maximum absolute atomic E-state index is 9.67. The van der Waals surface area contributed by atoms with E-state index in [1.54, 1.807) is 19.1 Å². The van der Waals surface area contributed by atoms with E-state index in [-0.39, 0.29) is 6.61 Å². The molecule has 0 amide bonds. The Kier molecular flexibility index (Phi) is 6.87. The Balaban J connectivity index is 2.40. The van der Waals surface area contributed by atoms with Crippen molar-refractivity contribution < 1.29 is 35.0 Å². The van der Waals surface area contributed by atoms with Gasteiger partial charge in [-0.05, 0) is 13.3 Å². The largest absolute Gasteiger partial charge is 0.394 e. The molecule has 1 saturated heterocycles. The molecule has 5 N–H and O–H groups in total. The summed E-state index contributed by atoms with van der Waals surface area (Å²) in [5, 5.41) is 46.7. The molecule has 0 aromatic carbocycles. The van der Waals surface area contributed by atoms with Crippen LogP contribution in [0.4, 0.5) is 0 Å². The Morgan fingerprint density at radius 1 is 1.21 bits per heavy atom. The van der Waals surface area contributed by atoms with Gasteiger partial charge in [-0.1, -0.05) is 12.2 Å². The standard InChI is InChI=1S/C12H22O7/c1-7(14)4-2-3-5-18-12-11(17)10(16)9(15)8(6-13)19-12/h2,4,7-17H,3,5-6H2,1H3/b4-2-/t7?,8-,9-,10+,11-,12-/m1/s1. The molecule has 0 saturated carbocycles. The minimum absolute atomic E-state index is 0.214. The van der Waals surface area contributed by atoms with Crippen molar-refractivity contribution in [3.8, 4) is 0 Å². The first-order valence-corrected chi connectivity index (χ1v) is 6.24. The van der Waals surface area contributed by atoms with Crippen LogP contribution in [0.15, 0.2) is 12.2 Å². The molecule has 1 heterocycles. The molecule has 112 valence electrons. The molecule has 0 aliphatic carbocycles. The summed E-state index contributed by atoms with van der Waals surface area (Å²) in [5.74, 6) is 0. The summed E-state index contributed by atoms with van der Waals surface area (Å²) in [6, 6.07) is 0. The zero-order valence-corrected chi connectivity index (χ0v) is 10.8.